The molecule has 0 aliphatic carbocycles. The van der Waals surface area contributed by atoms with E-state index in [1.54, 1.807) is 0 Å². The molecule has 0 saturated carbocycles. The number of rotatable bonds is 2. The summed E-state index contributed by atoms with van der Waals surface area (Å²) in [5.41, 5.74) is 0. The minimum Gasteiger partial charge on any atom is -0.395 e. The van der Waals surface area contributed by atoms with Gasteiger partial charge in [0.05, 0.1) is 38.5 Å². The number of morpholine rings is 1. The Labute approximate surface area is 66.0 Å². The normalized spacial score (nSPS) is 26.4. The Morgan fingerprint density at radius 3 is 3.18 bits per heavy atom. The second-order valence-electron chi connectivity index (χ2n) is 2.54. The van der Waals surface area contributed by atoms with Crippen LogP contribution in [0.2, 0.25) is 0 Å². The number of hydrogen-bond donors (Lipinski definition) is 1. The van der Waals surface area contributed by atoms with Gasteiger partial charge in [-0.1, -0.05) is 0 Å². The summed E-state index contributed by atoms with van der Waals surface area (Å²) in [5, 5.41) is 17.3. The lowest BCUT2D eigenvalue weighted by atomic mass is 10.2. The van der Waals surface area contributed by atoms with Gasteiger partial charge in [-0.05, 0) is 0 Å². The Kier molecular flexibility index (Phi) is 3.30. The van der Waals surface area contributed by atoms with Crippen LogP contribution in [0.25, 0.3) is 0 Å². The predicted molar refractivity (Wildman–Crippen MR) is 38.9 cm³/mol. The van der Waals surface area contributed by atoms with E-state index in [4.69, 9.17) is 15.1 Å². The molecule has 0 aromatic carbocycles. The van der Waals surface area contributed by atoms with Gasteiger partial charge in [-0.3, -0.25) is 4.90 Å². The lowest BCUT2D eigenvalue weighted by molar-refractivity contribution is -0.0212. The van der Waals surface area contributed by atoms with Crippen LogP contribution in [0.1, 0.15) is 0 Å². The van der Waals surface area contributed by atoms with Crippen molar-refractivity contribution in [1.29, 1.82) is 5.26 Å². The Balaban J connectivity index is 2.39. The van der Waals surface area contributed by atoms with Crippen molar-refractivity contribution in [3.05, 3.63) is 0 Å². The van der Waals surface area contributed by atoms with Crippen molar-refractivity contribution >= 4 is 0 Å². The van der Waals surface area contributed by atoms with Crippen LogP contribution in [0.3, 0.4) is 0 Å². The van der Waals surface area contributed by atoms with Crippen molar-refractivity contribution < 1.29 is 9.84 Å². The summed E-state index contributed by atoms with van der Waals surface area (Å²) in [4.78, 5) is 1.93. The zero-order valence-corrected chi connectivity index (χ0v) is 6.36. The van der Waals surface area contributed by atoms with Crippen LogP contribution in [0, 0.1) is 11.3 Å². The Bertz CT molecular complexity index is 155. The van der Waals surface area contributed by atoms with Crippen molar-refractivity contribution in [2.45, 2.75) is 6.04 Å². The molecule has 1 aliphatic rings. The molecule has 0 bridgehead atoms. The van der Waals surface area contributed by atoms with Crippen LogP contribution < -0.4 is 0 Å². The van der Waals surface area contributed by atoms with Crippen LogP contribution in [0.4, 0.5) is 0 Å². The van der Waals surface area contributed by atoms with Gasteiger partial charge in [-0.15, -0.1) is 0 Å². The molecular weight excluding hydrogens is 144 g/mol. The van der Waals surface area contributed by atoms with Gasteiger partial charge in [0, 0.05) is 6.54 Å². The highest BCUT2D eigenvalue weighted by molar-refractivity contribution is 4.83. The highest BCUT2D eigenvalue weighted by atomic mass is 16.5. The summed E-state index contributed by atoms with van der Waals surface area (Å²) < 4.78 is 5.14. The standard InChI is InChI=1S/C7H12N2O2/c8-1-2-9-3-4-11-6-7(9)5-10/h7,10H,2-6H2/t7-/m0/s1. The molecular formula is C7H12N2O2. The summed E-state index contributed by atoms with van der Waals surface area (Å²) in [6.07, 6.45) is 0. The zero-order chi connectivity index (χ0) is 8.10. The van der Waals surface area contributed by atoms with Gasteiger partial charge >= 0.3 is 0 Å². The van der Waals surface area contributed by atoms with E-state index >= 15 is 0 Å². The molecule has 1 rings (SSSR count). The maximum atomic E-state index is 8.86. The second kappa shape index (κ2) is 4.29. The van der Waals surface area contributed by atoms with Gasteiger partial charge in [0.25, 0.3) is 0 Å². The van der Waals surface area contributed by atoms with Gasteiger partial charge in [0.15, 0.2) is 0 Å². The van der Waals surface area contributed by atoms with E-state index in [-0.39, 0.29) is 12.6 Å². The van der Waals surface area contributed by atoms with Gasteiger partial charge in [-0.2, -0.15) is 5.26 Å². The van der Waals surface area contributed by atoms with Gasteiger partial charge in [0.2, 0.25) is 0 Å². The summed E-state index contributed by atoms with van der Waals surface area (Å²) in [7, 11) is 0. The molecule has 1 fully saturated rings. The molecule has 0 aromatic heterocycles. The van der Waals surface area contributed by atoms with E-state index in [9.17, 15) is 0 Å². The Hall–Kier alpha value is -0.630. The first-order valence-corrected chi connectivity index (χ1v) is 3.68. The van der Waals surface area contributed by atoms with E-state index in [2.05, 4.69) is 6.07 Å². The minimum absolute atomic E-state index is 0.0170. The van der Waals surface area contributed by atoms with Crippen LogP contribution in [0.15, 0.2) is 0 Å². The van der Waals surface area contributed by atoms with E-state index < -0.39 is 0 Å². The van der Waals surface area contributed by atoms with Crippen molar-refractivity contribution in [2.75, 3.05) is 32.9 Å². The summed E-state index contributed by atoms with van der Waals surface area (Å²) in [6, 6.07) is 2.08. The topological polar surface area (TPSA) is 56.5 Å². The summed E-state index contributed by atoms with van der Waals surface area (Å²) >= 11 is 0. The lowest BCUT2D eigenvalue weighted by Crippen LogP contribution is -2.47. The molecule has 1 saturated heterocycles. The quantitative estimate of drug-likeness (QED) is 0.532. The summed E-state index contributed by atoms with van der Waals surface area (Å²) in [5.74, 6) is 0. The smallest absolute Gasteiger partial charge is 0.0870 e. The van der Waals surface area contributed by atoms with Gasteiger partial charge in [-0.25, -0.2) is 0 Å². The summed E-state index contributed by atoms with van der Waals surface area (Å²) in [6.45, 7) is 2.41. The molecule has 0 unspecified atom stereocenters. The molecule has 1 atom stereocenters. The van der Waals surface area contributed by atoms with Crippen LogP contribution in [-0.4, -0.2) is 49.0 Å². The molecule has 0 amide bonds. The zero-order valence-electron chi connectivity index (χ0n) is 6.36. The minimum atomic E-state index is 0.0170. The third-order valence-corrected chi connectivity index (χ3v) is 1.83. The van der Waals surface area contributed by atoms with Crippen LogP contribution >= 0.6 is 0 Å². The lowest BCUT2D eigenvalue weighted by Gasteiger charge is -2.32. The highest BCUT2D eigenvalue weighted by Crippen LogP contribution is 2.04. The maximum Gasteiger partial charge on any atom is 0.0870 e. The second-order valence-corrected chi connectivity index (χ2v) is 2.54. The van der Waals surface area contributed by atoms with Crippen molar-refractivity contribution in [1.82, 2.24) is 4.90 Å². The molecule has 4 heteroatoms. The fourth-order valence-corrected chi connectivity index (χ4v) is 1.16. The third-order valence-electron chi connectivity index (χ3n) is 1.83. The fourth-order valence-electron chi connectivity index (χ4n) is 1.16. The monoisotopic (exact) mass is 156 g/mol. The third kappa shape index (κ3) is 2.15. The number of hydrogen-bond acceptors (Lipinski definition) is 4. The first-order valence-electron chi connectivity index (χ1n) is 3.68. The van der Waals surface area contributed by atoms with Crippen LogP contribution in [-0.2, 0) is 4.74 Å². The molecule has 4 nitrogen and oxygen atoms in total. The fraction of sp³-hybridized carbons (Fsp3) is 0.857. The average molecular weight is 156 g/mol. The predicted octanol–water partition coefficient (Wildman–Crippen LogP) is -0.797. The maximum absolute atomic E-state index is 8.86. The first kappa shape index (κ1) is 8.47. The molecule has 1 heterocycles. The van der Waals surface area contributed by atoms with E-state index in [1.807, 2.05) is 4.90 Å². The van der Waals surface area contributed by atoms with Crippen molar-refractivity contribution in [2.24, 2.45) is 0 Å². The molecule has 1 N–H and O–H groups in total. The van der Waals surface area contributed by atoms with Gasteiger partial charge < -0.3 is 9.84 Å². The van der Waals surface area contributed by atoms with E-state index in [0.29, 0.717) is 19.8 Å². The van der Waals surface area contributed by atoms with E-state index in [0.717, 1.165) is 6.54 Å². The largest absolute Gasteiger partial charge is 0.395 e. The van der Waals surface area contributed by atoms with E-state index in [1.165, 1.54) is 0 Å². The SMILES string of the molecule is N#CCN1CCOC[C@@H]1CO. The molecule has 0 aromatic rings. The first-order chi connectivity index (χ1) is 5.38. The molecule has 62 valence electrons. The van der Waals surface area contributed by atoms with Crippen molar-refractivity contribution in [3.63, 3.8) is 0 Å². The number of aliphatic hydroxyl groups excluding tert-OH is 1. The molecule has 0 spiro atoms. The van der Waals surface area contributed by atoms with Gasteiger partial charge in [0.1, 0.15) is 0 Å². The number of aliphatic hydroxyl groups is 1. The molecule has 0 radical (unpaired) electrons. The molecule has 11 heavy (non-hydrogen) atoms. The highest BCUT2D eigenvalue weighted by Gasteiger charge is 2.21. The van der Waals surface area contributed by atoms with Crippen LogP contribution in [0.5, 0.6) is 0 Å². The molecule has 1 aliphatic heterocycles. The van der Waals surface area contributed by atoms with Crippen molar-refractivity contribution in [3.8, 4) is 6.07 Å². The number of nitriles is 1. The number of nitrogens with zero attached hydrogens (tertiary/aromatic N) is 2. The average Bonchev–Trinajstić information content (AvgIpc) is 2.06. The number of ether oxygens (including phenoxy) is 1. The Morgan fingerprint density at radius 1 is 1.73 bits per heavy atom. The Morgan fingerprint density at radius 2 is 2.55 bits per heavy atom.